The number of hydrogen-bond donors (Lipinski definition) is 2. The zero-order chi connectivity index (χ0) is 18.0. The molecule has 2 aliphatic rings. The second-order valence-corrected chi connectivity index (χ2v) is 8.26. The van der Waals surface area contributed by atoms with E-state index < -0.39 is 0 Å². The topological polar surface area (TPSA) is 30.5 Å². The zero-order valence-electron chi connectivity index (χ0n) is 16.7. The number of piperazine rings is 1. The predicted octanol–water partition coefficient (Wildman–Crippen LogP) is 2.87. The maximum absolute atomic E-state index is 3.52. The summed E-state index contributed by atoms with van der Waals surface area (Å²) in [6.45, 7) is 17.3. The molecule has 2 aliphatic heterocycles. The molecule has 3 unspecified atom stereocenters. The number of aryl methyl sites for hydroxylation is 2. The molecule has 25 heavy (non-hydrogen) atoms. The number of rotatable bonds is 5. The lowest BCUT2D eigenvalue weighted by molar-refractivity contribution is 0.0416. The quantitative estimate of drug-likeness (QED) is 0.860. The molecule has 0 aromatic heterocycles. The Morgan fingerprint density at radius 1 is 1.16 bits per heavy atom. The minimum absolute atomic E-state index is 0.419. The third-order valence-corrected chi connectivity index (χ3v) is 6.22. The van der Waals surface area contributed by atoms with Gasteiger partial charge in [-0.25, -0.2) is 5.43 Å². The molecule has 2 fully saturated rings. The predicted molar refractivity (Wildman–Crippen MR) is 106 cm³/mol. The molecular weight excluding hydrogens is 308 g/mol. The van der Waals surface area contributed by atoms with E-state index in [2.05, 4.69) is 73.5 Å². The van der Waals surface area contributed by atoms with E-state index in [1.165, 1.54) is 49.3 Å². The minimum atomic E-state index is 0.419. The average molecular weight is 345 g/mol. The van der Waals surface area contributed by atoms with E-state index in [1.54, 1.807) is 0 Å². The molecule has 0 radical (unpaired) electrons. The van der Waals surface area contributed by atoms with Crippen molar-refractivity contribution in [1.29, 1.82) is 0 Å². The Hall–Kier alpha value is -0.940. The van der Waals surface area contributed by atoms with Crippen molar-refractivity contribution in [2.24, 2.45) is 5.92 Å². The molecule has 1 aromatic carbocycles. The van der Waals surface area contributed by atoms with Crippen LogP contribution in [0.15, 0.2) is 18.2 Å². The van der Waals surface area contributed by atoms with Crippen molar-refractivity contribution in [3.05, 3.63) is 34.9 Å². The third kappa shape index (κ3) is 4.25. The van der Waals surface area contributed by atoms with E-state index in [1.807, 2.05) is 0 Å². The van der Waals surface area contributed by atoms with Gasteiger partial charge in [0.25, 0.3) is 0 Å². The van der Waals surface area contributed by atoms with Gasteiger partial charge in [0.15, 0.2) is 0 Å². The van der Waals surface area contributed by atoms with Crippen LogP contribution in [0.5, 0.6) is 0 Å². The summed E-state index contributed by atoms with van der Waals surface area (Å²) in [4.78, 5) is 5.38. The summed E-state index contributed by atoms with van der Waals surface area (Å²) in [6.07, 6.45) is 1.25. The van der Waals surface area contributed by atoms with E-state index in [9.17, 15) is 0 Å². The highest BCUT2D eigenvalue weighted by molar-refractivity contribution is 5.32. The van der Waals surface area contributed by atoms with E-state index in [0.29, 0.717) is 24.0 Å². The Morgan fingerprint density at radius 2 is 1.96 bits per heavy atom. The monoisotopic (exact) mass is 344 g/mol. The second kappa shape index (κ2) is 8.17. The van der Waals surface area contributed by atoms with Gasteiger partial charge < -0.3 is 4.90 Å². The van der Waals surface area contributed by atoms with Gasteiger partial charge in [0.05, 0.1) is 6.04 Å². The summed E-state index contributed by atoms with van der Waals surface area (Å²) in [6, 6.07) is 8.70. The van der Waals surface area contributed by atoms with Crippen LogP contribution in [-0.2, 0) is 0 Å². The highest BCUT2D eigenvalue weighted by Gasteiger charge is 2.33. The van der Waals surface area contributed by atoms with Crippen LogP contribution in [0.3, 0.4) is 0 Å². The van der Waals surface area contributed by atoms with Crippen LogP contribution in [0, 0.1) is 19.8 Å². The fraction of sp³-hybridized carbons (Fsp3) is 0.714. The molecule has 2 saturated heterocycles. The molecule has 0 amide bonds. The van der Waals surface area contributed by atoms with Crippen molar-refractivity contribution >= 4 is 0 Å². The van der Waals surface area contributed by atoms with Crippen molar-refractivity contribution in [3.63, 3.8) is 0 Å². The van der Waals surface area contributed by atoms with Gasteiger partial charge in [-0.2, -0.15) is 0 Å². The summed E-state index contributed by atoms with van der Waals surface area (Å²) in [7, 11) is 0. The smallest absolute Gasteiger partial charge is 0.0515 e. The highest BCUT2D eigenvalue weighted by Crippen LogP contribution is 2.28. The lowest BCUT2D eigenvalue weighted by Gasteiger charge is -2.44. The Bertz CT molecular complexity index is 571. The second-order valence-electron chi connectivity index (χ2n) is 8.26. The van der Waals surface area contributed by atoms with Crippen molar-refractivity contribution in [3.8, 4) is 0 Å². The van der Waals surface area contributed by atoms with Crippen molar-refractivity contribution in [2.45, 2.75) is 59.2 Å². The normalized spacial score (nSPS) is 28.8. The molecule has 3 rings (SSSR count). The van der Waals surface area contributed by atoms with Gasteiger partial charge in [-0.05, 0) is 50.8 Å². The number of nitrogens with zero attached hydrogens (tertiary/aromatic N) is 2. The Labute approximate surface area is 153 Å². The lowest BCUT2D eigenvalue weighted by atomic mass is 9.92. The largest absolute Gasteiger partial charge is 0.300 e. The highest BCUT2D eigenvalue weighted by atomic mass is 15.4. The molecule has 0 bridgehead atoms. The van der Waals surface area contributed by atoms with Crippen LogP contribution < -0.4 is 10.9 Å². The standard InChI is InChI=1S/C21H36N4/c1-6-20-14-24(9-10-25(20)15(2)3)13-19-12-22-23-21(19)18-8-7-16(4)17(5)11-18/h7-8,11,15,19-23H,6,9-10,12-14H2,1-5H3. The molecule has 0 aliphatic carbocycles. The van der Waals surface area contributed by atoms with E-state index in [-0.39, 0.29) is 0 Å². The fourth-order valence-electron chi connectivity index (χ4n) is 4.49. The van der Waals surface area contributed by atoms with Gasteiger partial charge in [0, 0.05) is 50.7 Å². The van der Waals surface area contributed by atoms with Crippen molar-refractivity contribution in [2.75, 3.05) is 32.7 Å². The average Bonchev–Trinajstić information content (AvgIpc) is 3.05. The van der Waals surface area contributed by atoms with Crippen LogP contribution in [-0.4, -0.2) is 54.6 Å². The van der Waals surface area contributed by atoms with Gasteiger partial charge in [-0.15, -0.1) is 0 Å². The first-order valence-corrected chi connectivity index (χ1v) is 10.0. The number of hydrogen-bond acceptors (Lipinski definition) is 4. The molecule has 3 atom stereocenters. The van der Waals surface area contributed by atoms with E-state index in [0.717, 1.165) is 6.54 Å². The first-order valence-electron chi connectivity index (χ1n) is 10.0. The lowest BCUT2D eigenvalue weighted by Crippen LogP contribution is -2.56. The Morgan fingerprint density at radius 3 is 2.64 bits per heavy atom. The van der Waals surface area contributed by atoms with Gasteiger partial charge in [-0.1, -0.05) is 25.1 Å². The molecule has 140 valence electrons. The summed E-state index contributed by atoms with van der Waals surface area (Å²) in [5, 5.41) is 0. The van der Waals surface area contributed by atoms with Crippen LogP contribution >= 0.6 is 0 Å². The van der Waals surface area contributed by atoms with Crippen molar-refractivity contribution in [1.82, 2.24) is 20.7 Å². The van der Waals surface area contributed by atoms with E-state index in [4.69, 9.17) is 0 Å². The van der Waals surface area contributed by atoms with Crippen molar-refractivity contribution < 1.29 is 0 Å². The number of nitrogens with one attached hydrogen (secondary N) is 2. The van der Waals surface area contributed by atoms with Crippen LogP contribution in [0.4, 0.5) is 0 Å². The van der Waals surface area contributed by atoms with Gasteiger partial charge in [0.1, 0.15) is 0 Å². The maximum atomic E-state index is 3.52. The summed E-state index contributed by atoms with van der Waals surface area (Å²) >= 11 is 0. The molecule has 0 saturated carbocycles. The first kappa shape index (κ1) is 18.8. The summed E-state index contributed by atoms with van der Waals surface area (Å²) in [5.41, 5.74) is 11.1. The SMILES string of the molecule is CCC1CN(CC2CNNC2c2ccc(C)c(C)c2)CCN1C(C)C. The number of benzene rings is 1. The molecule has 0 spiro atoms. The first-order chi connectivity index (χ1) is 12.0. The fourth-order valence-corrected chi connectivity index (χ4v) is 4.49. The minimum Gasteiger partial charge on any atom is -0.300 e. The van der Waals surface area contributed by atoms with Crippen LogP contribution in [0.2, 0.25) is 0 Å². The Kier molecular flexibility index (Phi) is 6.16. The third-order valence-electron chi connectivity index (χ3n) is 6.22. The van der Waals surface area contributed by atoms with Crippen LogP contribution in [0.25, 0.3) is 0 Å². The summed E-state index contributed by atoms with van der Waals surface area (Å²) in [5.74, 6) is 0.630. The van der Waals surface area contributed by atoms with E-state index >= 15 is 0 Å². The number of hydrazine groups is 1. The van der Waals surface area contributed by atoms with Gasteiger partial charge in [0.2, 0.25) is 0 Å². The molecule has 4 heteroatoms. The Balaban J connectivity index is 1.64. The molecule has 2 heterocycles. The zero-order valence-corrected chi connectivity index (χ0v) is 16.7. The maximum Gasteiger partial charge on any atom is 0.0515 e. The molecule has 2 N–H and O–H groups in total. The molecule has 1 aromatic rings. The molecule has 4 nitrogen and oxygen atoms in total. The van der Waals surface area contributed by atoms with Gasteiger partial charge >= 0.3 is 0 Å². The van der Waals surface area contributed by atoms with Crippen LogP contribution in [0.1, 0.15) is 49.9 Å². The molecular formula is C21H36N4. The summed E-state index contributed by atoms with van der Waals surface area (Å²) < 4.78 is 0. The van der Waals surface area contributed by atoms with Gasteiger partial charge in [-0.3, -0.25) is 10.3 Å².